The number of rotatable bonds is 8. The SMILES string of the molecule is c1ccc(-c2nc(-c3ccccc3)nc(-c3ccccc3-c3ccc4c(c3)-c3ccccc3C(c3ccccc3)(c3ccccc3)C4(c3ccccc3)c3ccccc3)n2)cc1. The van der Waals surface area contributed by atoms with Gasteiger partial charge in [0, 0.05) is 16.7 Å². The smallest absolute Gasteiger partial charge is 0.164 e. The maximum atomic E-state index is 5.18. The molecule has 0 saturated carbocycles. The van der Waals surface area contributed by atoms with E-state index in [0.717, 1.165) is 27.8 Å². The third kappa shape index (κ3) is 5.85. The van der Waals surface area contributed by atoms with E-state index in [1.807, 2.05) is 36.4 Å². The van der Waals surface area contributed by atoms with Crippen LogP contribution in [0.1, 0.15) is 33.4 Å². The summed E-state index contributed by atoms with van der Waals surface area (Å²) in [6.07, 6.45) is 0. The Morgan fingerprint density at radius 3 is 1.02 bits per heavy atom. The van der Waals surface area contributed by atoms with Crippen molar-refractivity contribution in [3.8, 4) is 56.4 Å². The van der Waals surface area contributed by atoms with E-state index in [0.29, 0.717) is 17.5 Å². The summed E-state index contributed by atoms with van der Waals surface area (Å²) in [4.78, 5) is 15.4. The molecule has 1 aliphatic rings. The maximum absolute atomic E-state index is 5.18. The Morgan fingerprint density at radius 1 is 0.226 bits per heavy atom. The molecule has 0 bridgehead atoms. The Balaban J connectivity index is 1.22. The van der Waals surface area contributed by atoms with E-state index >= 15 is 0 Å². The summed E-state index contributed by atoms with van der Waals surface area (Å²) in [7, 11) is 0. The van der Waals surface area contributed by atoms with Crippen LogP contribution in [-0.4, -0.2) is 15.0 Å². The van der Waals surface area contributed by atoms with Gasteiger partial charge in [0.15, 0.2) is 17.5 Å². The van der Waals surface area contributed by atoms with Crippen molar-refractivity contribution in [3.63, 3.8) is 0 Å². The van der Waals surface area contributed by atoms with Crippen LogP contribution in [-0.2, 0) is 10.8 Å². The molecule has 0 unspecified atom stereocenters. The molecule has 1 aromatic heterocycles. The average molecular weight is 792 g/mol. The standard InChI is InChI=1S/C59H41N3/c1-7-23-42(24-8-1)55-60-56(43-25-9-2-10-26-43)62-57(61-55)51-37-20-19-35-49(51)44-39-40-54-52(41-44)50-36-21-22-38-53(50)58(45-27-11-3-12-28-45,46-29-13-4-14-30-46)59(54,47-31-15-5-16-32-47)48-33-17-6-18-34-48/h1-41H. The summed E-state index contributed by atoms with van der Waals surface area (Å²) in [6.45, 7) is 0. The van der Waals surface area contributed by atoms with Gasteiger partial charge < -0.3 is 0 Å². The van der Waals surface area contributed by atoms with E-state index < -0.39 is 10.8 Å². The highest BCUT2D eigenvalue weighted by Crippen LogP contribution is 2.65. The van der Waals surface area contributed by atoms with Crippen LogP contribution in [0.5, 0.6) is 0 Å². The third-order valence-electron chi connectivity index (χ3n) is 12.6. The molecule has 0 spiro atoms. The molecule has 0 atom stereocenters. The van der Waals surface area contributed by atoms with Gasteiger partial charge in [-0.2, -0.15) is 0 Å². The summed E-state index contributed by atoms with van der Waals surface area (Å²) < 4.78 is 0. The molecule has 10 aromatic rings. The molecule has 0 amide bonds. The van der Waals surface area contributed by atoms with E-state index in [4.69, 9.17) is 15.0 Å². The van der Waals surface area contributed by atoms with Crippen molar-refractivity contribution in [2.45, 2.75) is 10.8 Å². The van der Waals surface area contributed by atoms with Gasteiger partial charge in [-0.3, -0.25) is 0 Å². The molecule has 0 aliphatic heterocycles. The molecule has 1 aliphatic carbocycles. The van der Waals surface area contributed by atoms with Crippen LogP contribution in [0, 0.1) is 0 Å². The predicted molar refractivity (Wildman–Crippen MR) is 253 cm³/mol. The average Bonchev–Trinajstić information content (AvgIpc) is 3.37. The highest BCUT2D eigenvalue weighted by atomic mass is 15.0. The van der Waals surface area contributed by atoms with Crippen molar-refractivity contribution in [3.05, 3.63) is 282 Å². The molecule has 11 rings (SSSR count). The van der Waals surface area contributed by atoms with Gasteiger partial charge in [-0.05, 0) is 61.7 Å². The van der Waals surface area contributed by atoms with Crippen LogP contribution < -0.4 is 0 Å². The molecule has 0 radical (unpaired) electrons. The van der Waals surface area contributed by atoms with Crippen molar-refractivity contribution < 1.29 is 0 Å². The van der Waals surface area contributed by atoms with Crippen LogP contribution in [0.15, 0.2) is 249 Å². The molecule has 1 heterocycles. The van der Waals surface area contributed by atoms with Crippen molar-refractivity contribution in [1.82, 2.24) is 15.0 Å². The Bertz CT molecular complexity index is 3010. The van der Waals surface area contributed by atoms with Gasteiger partial charge in [0.25, 0.3) is 0 Å². The number of benzene rings is 9. The highest BCUT2D eigenvalue weighted by Gasteiger charge is 2.61. The highest BCUT2D eigenvalue weighted by molar-refractivity contribution is 5.90. The third-order valence-corrected chi connectivity index (χ3v) is 12.6. The van der Waals surface area contributed by atoms with Crippen molar-refractivity contribution in [2.75, 3.05) is 0 Å². The fourth-order valence-corrected chi connectivity index (χ4v) is 10.1. The van der Waals surface area contributed by atoms with E-state index in [2.05, 4.69) is 212 Å². The number of fused-ring (bicyclic) bond motifs is 3. The Labute approximate surface area is 362 Å². The lowest BCUT2D eigenvalue weighted by Crippen LogP contribution is -2.54. The second kappa shape index (κ2) is 15.5. The monoisotopic (exact) mass is 791 g/mol. The van der Waals surface area contributed by atoms with E-state index in [-0.39, 0.29) is 0 Å². The number of nitrogens with zero attached hydrogens (tertiary/aromatic N) is 3. The van der Waals surface area contributed by atoms with E-state index in [9.17, 15) is 0 Å². The van der Waals surface area contributed by atoms with Crippen LogP contribution in [0.2, 0.25) is 0 Å². The minimum atomic E-state index is -0.719. The van der Waals surface area contributed by atoms with Crippen LogP contribution in [0.3, 0.4) is 0 Å². The largest absolute Gasteiger partial charge is 0.208 e. The molecule has 292 valence electrons. The van der Waals surface area contributed by atoms with Gasteiger partial charge in [-0.25, -0.2) is 15.0 Å². The van der Waals surface area contributed by atoms with Crippen molar-refractivity contribution in [2.24, 2.45) is 0 Å². The van der Waals surface area contributed by atoms with Crippen molar-refractivity contribution in [1.29, 1.82) is 0 Å². The van der Waals surface area contributed by atoms with Gasteiger partial charge in [0.1, 0.15) is 0 Å². The molecule has 9 aromatic carbocycles. The molecule has 3 nitrogen and oxygen atoms in total. The fraction of sp³-hybridized carbons (Fsp3) is 0.0339. The fourth-order valence-electron chi connectivity index (χ4n) is 10.1. The minimum absolute atomic E-state index is 0.626. The Hall–Kier alpha value is -8.01. The lowest BCUT2D eigenvalue weighted by atomic mass is 9.43. The Morgan fingerprint density at radius 2 is 0.565 bits per heavy atom. The second-order valence-corrected chi connectivity index (χ2v) is 15.9. The molecule has 3 heteroatoms. The van der Waals surface area contributed by atoms with Crippen LogP contribution >= 0.6 is 0 Å². The zero-order valence-corrected chi connectivity index (χ0v) is 34.0. The van der Waals surface area contributed by atoms with Gasteiger partial charge >= 0.3 is 0 Å². The maximum Gasteiger partial charge on any atom is 0.164 e. The van der Waals surface area contributed by atoms with Crippen LogP contribution in [0.25, 0.3) is 56.4 Å². The minimum Gasteiger partial charge on any atom is -0.208 e. The normalized spacial score (nSPS) is 13.4. The Kier molecular flexibility index (Phi) is 9.28. The summed E-state index contributed by atoms with van der Waals surface area (Å²) in [5, 5.41) is 0. The first-order valence-corrected chi connectivity index (χ1v) is 21.2. The topological polar surface area (TPSA) is 38.7 Å². The first kappa shape index (κ1) is 37.0. The van der Waals surface area contributed by atoms with E-state index in [1.54, 1.807) is 0 Å². The lowest BCUT2D eigenvalue weighted by Gasteiger charge is -2.57. The molecule has 0 N–H and O–H groups in total. The molecule has 0 saturated heterocycles. The van der Waals surface area contributed by atoms with E-state index in [1.165, 1.54) is 44.5 Å². The summed E-state index contributed by atoms with van der Waals surface area (Å²) in [5.74, 6) is 1.90. The summed E-state index contributed by atoms with van der Waals surface area (Å²) >= 11 is 0. The first-order chi connectivity index (χ1) is 30.8. The quantitative estimate of drug-likeness (QED) is 0.154. The number of hydrogen-bond acceptors (Lipinski definition) is 3. The lowest BCUT2D eigenvalue weighted by molar-refractivity contribution is 0.415. The summed E-state index contributed by atoms with van der Waals surface area (Å²) in [6, 6.07) is 89.6. The van der Waals surface area contributed by atoms with Crippen molar-refractivity contribution >= 4 is 0 Å². The first-order valence-electron chi connectivity index (χ1n) is 21.2. The summed E-state index contributed by atoms with van der Waals surface area (Å²) in [5.41, 5.74) is 13.3. The number of hydrogen-bond donors (Lipinski definition) is 0. The molecule has 0 fully saturated rings. The molecular formula is C59H41N3. The van der Waals surface area contributed by atoms with Gasteiger partial charge in [-0.15, -0.1) is 0 Å². The van der Waals surface area contributed by atoms with Gasteiger partial charge in [-0.1, -0.05) is 243 Å². The van der Waals surface area contributed by atoms with Gasteiger partial charge in [0.2, 0.25) is 0 Å². The van der Waals surface area contributed by atoms with Gasteiger partial charge in [0.05, 0.1) is 10.8 Å². The zero-order chi connectivity index (χ0) is 41.4. The van der Waals surface area contributed by atoms with Crippen LogP contribution in [0.4, 0.5) is 0 Å². The second-order valence-electron chi connectivity index (χ2n) is 15.9. The molecular weight excluding hydrogens is 751 g/mol. The molecule has 62 heavy (non-hydrogen) atoms. The predicted octanol–water partition coefficient (Wildman–Crippen LogP) is 13.9. The number of aromatic nitrogens is 3. The zero-order valence-electron chi connectivity index (χ0n) is 34.0.